The van der Waals surface area contributed by atoms with Crippen molar-refractivity contribution in [3.05, 3.63) is 100 Å². The Hall–Kier alpha value is -3.42. The highest BCUT2D eigenvalue weighted by Crippen LogP contribution is 2.42. The Morgan fingerprint density at radius 3 is 2.41 bits per heavy atom. The lowest BCUT2D eigenvalue weighted by Crippen LogP contribution is -2.40. The molecule has 0 aromatic heterocycles. The molecule has 1 saturated heterocycles. The van der Waals surface area contributed by atoms with Crippen LogP contribution in [-0.2, 0) is 16.1 Å². The number of rotatable bonds is 4. The first-order valence-electron chi connectivity index (χ1n) is 11.1. The van der Waals surface area contributed by atoms with Crippen LogP contribution in [0.3, 0.4) is 0 Å². The molecule has 0 spiro atoms. The Labute approximate surface area is 201 Å². The van der Waals surface area contributed by atoms with Crippen LogP contribution in [0.4, 0.5) is 10.1 Å². The van der Waals surface area contributed by atoms with Crippen molar-refractivity contribution in [1.29, 1.82) is 0 Å². The summed E-state index contributed by atoms with van der Waals surface area (Å²) < 4.78 is 18.7. The zero-order valence-corrected chi connectivity index (χ0v) is 19.3. The summed E-state index contributed by atoms with van der Waals surface area (Å²) in [6.45, 7) is 2.66. The Bertz CT molecular complexity index is 1240. The van der Waals surface area contributed by atoms with Gasteiger partial charge >= 0.3 is 0 Å². The molecule has 0 aliphatic carbocycles. The van der Waals surface area contributed by atoms with E-state index in [-0.39, 0.29) is 17.6 Å². The molecule has 3 aromatic carbocycles. The van der Waals surface area contributed by atoms with Crippen LogP contribution in [0.15, 0.2) is 82.6 Å². The molecule has 0 atom stereocenters. The molecule has 0 bridgehead atoms. The number of carbonyl (C=O) groups excluding carboxylic acids is 2. The van der Waals surface area contributed by atoms with Gasteiger partial charge in [-0.05, 0) is 53.6 Å². The Morgan fingerprint density at radius 2 is 1.68 bits per heavy atom. The van der Waals surface area contributed by atoms with Crippen LogP contribution in [-0.4, -0.2) is 43.0 Å². The second kappa shape index (κ2) is 9.83. The van der Waals surface area contributed by atoms with Crippen molar-refractivity contribution < 1.29 is 18.7 Å². The van der Waals surface area contributed by atoms with E-state index in [4.69, 9.17) is 4.74 Å². The van der Waals surface area contributed by atoms with Gasteiger partial charge in [0.15, 0.2) is 0 Å². The van der Waals surface area contributed by atoms with Crippen LogP contribution in [0.2, 0.25) is 0 Å². The topological polar surface area (TPSA) is 49.9 Å². The predicted octanol–water partition coefficient (Wildman–Crippen LogP) is 4.98. The van der Waals surface area contributed by atoms with Gasteiger partial charge in [0.2, 0.25) is 0 Å². The molecule has 2 amide bonds. The molecule has 7 heteroatoms. The molecule has 2 aliphatic rings. The van der Waals surface area contributed by atoms with E-state index in [1.807, 2.05) is 42.5 Å². The minimum Gasteiger partial charge on any atom is -0.378 e. The number of thioether (sulfide) groups is 1. The van der Waals surface area contributed by atoms with Crippen molar-refractivity contribution in [3.8, 4) is 0 Å². The number of para-hydroxylation sites is 1. The SMILES string of the molecule is O=C(c1ccc(C=C2Sc3ccccc3N(Cc3ccc(F)cc3)C2=O)cc1)N1CCOCC1. The minimum atomic E-state index is -0.305. The first kappa shape index (κ1) is 22.4. The highest BCUT2D eigenvalue weighted by molar-refractivity contribution is 8.04. The van der Waals surface area contributed by atoms with Crippen molar-refractivity contribution in [2.45, 2.75) is 11.4 Å². The molecule has 0 saturated carbocycles. The second-order valence-corrected chi connectivity index (χ2v) is 9.21. The van der Waals surface area contributed by atoms with Gasteiger partial charge in [-0.2, -0.15) is 0 Å². The summed E-state index contributed by atoms with van der Waals surface area (Å²) in [5, 5.41) is 0. The van der Waals surface area contributed by atoms with E-state index in [1.165, 1.54) is 23.9 Å². The predicted molar refractivity (Wildman–Crippen MR) is 131 cm³/mol. The zero-order valence-electron chi connectivity index (χ0n) is 18.4. The van der Waals surface area contributed by atoms with Gasteiger partial charge < -0.3 is 14.5 Å². The number of hydrogen-bond donors (Lipinski definition) is 0. The molecule has 0 N–H and O–H groups in total. The number of morpholine rings is 1. The first-order valence-corrected chi connectivity index (χ1v) is 11.9. The lowest BCUT2D eigenvalue weighted by Gasteiger charge is -2.30. The van der Waals surface area contributed by atoms with Gasteiger partial charge in [-0.3, -0.25) is 9.59 Å². The van der Waals surface area contributed by atoms with Gasteiger partial charge in [-0.25, -0.2) is 4.39 Å². The van der Waals surface area contributed by atoms with Gasteiger partial charge in [-0.15, -0.1) is 0 Å². The van der Waals surface area contributed by atoms with E-state index < -0.39 is 0 Å². The molecule has 5 rings (SSSR count). The maximum atomic E-state index is 13.4. The van der Waals surface area contributed by atoms with E-state index >= 15 is 0 Å². The van der Waals surface area contributed by atoms with E-state index in [0.717, 1.165) is 21.7 Å². The summed E-state index contributed by atoms with van der Waals surface area (Å²) >= 11 is 1.43. The lowest BCUT2D eigenvalue weighted by molar-refractivity contribution is -0.114. The molecular formula is C27H23FN2O3S. The Kier molecular flexibility index (Phi) is 6.47. The fourth-order valence-electron chi connectivity index (χ4n) is 4.01. The number of hydrogen-bond acceptors (Lipinski definition) is 4. The van der Waals surface area contributed by atoms with Gasteiger partial charge in [0.05, 0.1) is 30.4 Å². The van der Waals surface area contributed by atoms with Crippen molar-refractivity contribution in [1.82, 2.24) is 4.90 Å². The van der Waals surface area contributed by atoms with Gasteiger partial charge in [0.25, 0.3) is 11.8 Å². The van der Waals surface area contributed by atoms with Crippen LogP contribution in [0.25, 0.3) is 6.08 Å². The number of benzene rings is 3. The molecular weight excluding hydrogens is 451 g/mol. The third-order valence-electron chi connectivity index (χ3n) is 5.84. The quantitative estimate of drug-likeness (QED) is 0.501. The maximum absolute atomic E-state index is 13.4. The van der Waals surface area contributed by atoms with E-state index in [2.05, 4.69) is 0 Å². The number of carbonyl (C=O) groups is 2. The van der Waals surface area contributed by atoms with Gasteiger partial charge in [0.1, 0.15) is 5.82 Å². The Balaban J connectivity index is 1.39. The smallest absolute Gasteiger partial charge is 0.265 e. The monoisotopic (exact) mass is 474 g/mol. The average Bonchev–Trinajstić information content (AvgIpc) is 2.88. The number of amides is 2. The molecule has 172 valence electrons. The fourth-order valence-corrected chi connectivity index (χ4v) is 5.07. The molecule has 34 heavy (non-hydrogen) atoms. The van der Waals surface area contributed by atoms with Crippen LogP contribution < -0.4 is 4.90 Å². The van der Waals surface area contributed by atoms with E-state index in [1.54, 1.807) is 34.1 Å². The van der Waals surface area contributed by atoms with Crippen LogP contribution in [0.1, 0.15) is 21.5 Å². The number of ether oxygens (including phenoxy) is 1. The lowest BCUT2D eigenvalue weighted by atomic mass is 10.1. The van der Waals surface area contributed by atoms with Crippen LogP contribution in [0, 0.1) is 5.82 Å². The van der Waals surface area contributed by atoms with Crippen molar-refractivity contribution in [2.24, 2.45) is 0 Å². The number of nitrogens with zero attached hydrogens (tertiary/aromatic N) is 2. The highest BCUT2D eigenvalue weighted by Gasteiger charge is 2.29. The largest absolute Gasteiger partial charge is 0.378 e. The fraction of sp³-hybridized carbons (Fsp3) is 0.185. The molecule has 0 unspecified atom stereocenters. The third-order valence-corrected chi connectivity index (χ3v) is 6.92. The van der Waals surface area contributed by atoms with E-state index in [0.29, 0.717) is 43.3 Å². The zero-order chi connectivity index (χ0) is 23.5. The van der Waals surface area contributed by atoms with Crippen molar-refractivity contribution in [3.63, 3.8) is 0 Å². The van der Waals surface area contributed by atoms with Gasteiger partial charge in [-0.1, -0.05) is 48.2 Å². The molecule has 2 aliphatic heterocycles. The minimum absolute atomic E-state index is 0.00924. The van der Waals surface area contributed by atoms with Gasteiger partial charge in [0, 0.05) is 23.5 Å². The third kappa shape index (κ3) is 4.76. The second-order valence-electron chi connectivity index (χ2n) is 8.12. The molecule has 5 nitrogen and oxygen atoms in total. The average molecular weight is 475 g/mol. The maximum Gasteiger partial charge on any atom is 0.265 e. The van der Waals surface area contributed by atoms with Crippen LogP contribution in [0.5, 0.6) is 0 Å². The normalized spacial score (nSPS) is 17.1. The molecule has 1 fully saturated rings. The van der Waals surface area contributed by atoms with Crippen LogP contribution >= 0.6 is 11.8 Å². The standard InChI is InChI=1S/C27H23FN2O3S/c28-22-11-7-20(8-12-22)18-30-23-3-1-2-4-24(23)34-25(27(30)32)17-19-5-9-21(10-6-19)26(31)29-13-15-33-16-14-29/h1-12,17H,13-16,18H2. The number of anilines is 1. The molecule has 2 heterocycles. The summed E-state index contributed by atoms with van der Waals surface area (Å²) in [6.07, 6.45) is 1.85. The summed E-state index contributed by atoms with van der Waals surface area (Å²) in [4.78, 5) is 31.2. The number of halogens is 1. The molecule has 0 radical (unpaired) electrons. The highest BCUT2D eigenvalue weighted by atomic mass is 32.2. The summed E-state index contributed by atoms with van der Waals surface area (Å²) in [5.41, 5.74) is 3.15. The summed E-state index contributed by atoms with van der Waals surface area (Å²) in [5.74, 6) is -0.424. The summed E-state index contributed by atoms with van der Waals surface area (Å²) in [7, 11) is 0. The Morgan fingerprint density at radius 1 is 0.971 bits per heavy atom. The van der Waals surface area contributed by atoms with Crippen molar-refractivity contribution in [2.75, 3.05) is 31.2 Å². The summed E-state index contributed by atoms with van der Waals surface area (Å²) in [6, 6.07) is 21.3. The molecule has 3 aromatic rings. The number of fused-ring (bicyclic) bond motifs is 1. The van der Waals surface area contributed by atoms with Crippen molar-refractivity contribution >= 4 is 35.3 Å². The first-order chi connectivity index (χ1) is 16.6. The van der Waals surface area contributed by atoms with E-state index in [9.17, 15) is 14.0 Å².